The van der Waals surface area contributed by atoms with Gasteiger partial charge >= 0.3 is 5.97 Å². The van der Waals surface area contributed by atoms with E-state index in [1.165, 1.54) is 18.4 Å². The minimum Gasteiger partial charge on any atom is -0.468 e. The molecule has 1 aromatic rings. The first kappa shape index (κ1) is 10.9. The van der Waals surface area contributed by atoms with E-state index in [1.807, 2.05) is 0 Å². The lowest BCUT2D eigenvalue weighted by Crippen LogP contribution is -2.42. The number of carbonyl (C=O) groups is 1. The van der Waals surface area contributed by atoms with E-state index in [2.05, 4.69) is 9.72 Å². The molecule has 2 N–H and O–H groups in total. The maximum Gasteiger partial charge on any atom is 0.323 e. The number of methoxy groups -OCH3 is 1. The Balaban J connectivity index is 2.24. The van der Waals surface area contributed by atoms with E-state index in [0.29, 0.717) is 4.47 Å². The Bertz CT molecular complexity index is 389. The third-order valence-corrected chi connectivity index (χ3v) is 4.14. The SMILES string of the molecule is COC(=O)C(N)C1(c2cnc(Cl)s2)CC1. The number of ether oxygens (including phenoxy) is 1. The van der Waals surface area contributed by atoms with Crippen LogP contribution in [0.15, 0.2) is 6.20 Å². The lowest BCUT2D eigenvalue weighted by Gasteiger charge is -2.18. The standard InChI is InChI=1S/C9H11ClN2O2S/c1-14-7(13)6(11)9(2-3-9)5-4-12-8(10)15-5/h4,6H,2-3,11H2,1H3. The van der Waals surface area contributed by atoms with Gasteiger partial charge in [-0.1, -0.05) is 11.6 Å². The summed E-state index contributed by atoms with van der Waals surface area (Å²) in [5.74, 6) is -0.378. The molecule has 0 bridgehead atoms. The van der Waals surface area contributed by atoms with E-state index in [0.717, 1.165) is 17.7 Å². The van der Waals surface area contributed by atoms with Gasteiger partial charge in [0, 0.05) is 16.5 Å². The molecule has 1 saturated carbocycles. The molecule has 1 aliphatic carbocycles. The molecule has 1 aromatic heterocycles. The minimum atomic E-state index is -0.612. The Kier molecular flexibility index (Phi) is 2.70. The maximum atomic E-state index is 11.4. The highest BCUT2D eigenvalue weighted by Crippen LogP contribution is 2.52. The molecule has 15 heavy (non-hydrogen) atoms. The van der Waals surface area contributed by atoms with Crippen LogP contribution in [-0.2, 0) is 14.9 Å². The number of nitrogens with zero attached hydrogens (tertiary/aromatic N) is 1. The normalized spacial score (nSPS) is 19.7. The molecule has 1 atom stereocenters. The molecule has 1 fully saturated rings. The molecule has 0 radical (unpaired) electrons. The van der Waals surface area contributed by atoms with E-state index >= 15 is 0 Å². The maximum absolute atomic E-state index is 11.4. The molecule has 1 aliphatic rings. The van der Waals surface area contributed by atoms with Crippen molar-refractivity contribution < 1.29 is 9.53 Å². The summed E-state index contributed by atoms with van der Waals surface area (Å²) in [5, 5.41) is 0. The van der Waals surface area contributed by atoms with Crippen LogP contribution in [0.5, 0.6) is 0 Å². The Morgan fingerprint density at radius 2 is 2.47 bits per heavy atom. The van der Waals surface area contributed by atoms with Crippen LogP contribution in [-0.4, -0.2) is 24.1 Å². The van der Waals surface area contributed by atoms with Gasteiger partial charge in [0.05, 0.1) is 7.11 Å². The van der Waals surface area contributed by atoms with Crippen LogP contribution in [0.4, 0.5) is 0 Å². The predicted molar refractivity (Wildman–Crippen MR) is 58.0 cm³/mol. The van der Waals surface area contributed by atoms with Crippen molar-refractivity contribution in [2.75, 3.05) is 7.11 Å². The Hall–Kier alpha value is -0.650. The fourth-order valence-electron chi connectivity index (χ4n) is 1.68. The first-order valence-corrected chi connectivity index (χ1v) is 5.75. The van der Waals surface area contributed by atoms with E-state index in [9.17, 15) is 4.79 Å². The Morgan fingerprint density at radius 3 is 2.87 bits per heavy atom. The van der Waals surface area contributed by atoms with Crippen molar-refractivity contribution in [3.05, 3.63) is 15.5 Å². The van der Waals surface area contributed by atoms with Gasteiger partial charge in [-0.25, -0.2) is 4.98 Å². The van der Waals surface area contributed by atoms with Gasteiger partial charge in [0.15, 0.2) is 4.47 Å². The second-order valence-electron chi connectivity index (χ2n) is 3.63. The van der Waals surface area contributed by atoms with Gasteiger partial charge in [0.25, 0.3) is 0 Å². The number of hydrogen-bond donors (Lipinski definition) is 1. The number of carbonyl (C=O) groups excluding carboxylic acids is 1. The Morgan fingerprint density at radius 1 is 1.80 bits per heavy atom. The summed E-state index contributed by atoms with van der Waals surface area (Å²) in [6, 6.07) is -0.612. The first-order chi connectivity index (χ1) is 7.10. The van der Waals surface area contributed by atoms with Gasteiger partial charge in [-0.3, -0.25) is 4.79 Å². The quantitative estimate of drug-likeness (QED) is 0.818. The molecule has 0 aliphatic heterocycles. The topological polar surface area (TPSA) is 65.2 Å². The van der Waals surface area contributed by atoms with Crippen LogP contribution in [0.25, 0.3) is 0 Å². The molecule has 0 spiro atoms. The van der Waals surface area contributed by atoms with Crippen molar-refractivity contribution in [3.8, 4) is 0 Å². The van der Waals surface area contributed by atoms with Crippen LogP contribution in [0, 0.1) is 0 Å². The zero-order chi connectivity index (χ0) is 11.1. The third-order valence-electron chi connectivity index (χ3n) is 2.81. The first-order valence-electron chi connectivity index (χ1n) is 4.55. The van der Waals surface area contributed by atoms with Crippen molar-refractivity contribution >= 4 is 28.9 Å². The average Bonchev–Trinajstić information content (AvgIpc) is 2.94. The molecule has 0 aromatic carbocycles. The number of halogens is 1. The van der Waals surface area contributed by atoms with Gasteiger partial charge in [-0.15, -0.1) is 11.3 Å². The summed E-state index contributed by atoms with van der Waals surface area (Å²) in [4.78, 5) is 16.3. The number of rotatable bonds is 3. The highest BCUT2D eigenvalue weighted by atomic mass is 35.5. The Labute approximate surface area is 96.4 Å². The van der Waals surface area contributed by atoms with Crippen LogP contribution in [0.1, 0.15) is 17.7 Å². The summed E-state index contributed by atoms with van der Waals surface area (Å²) in [6.07, 6.45) is 3.48. The zero-order valence-electron chi connectivity index (χ0n) is 8.20. The molecule has 1 unspecified atom stereocenters. The largest absolute Gasteiger partial charge is 0.468 e. The molecular weight excluding hydrogens is 236 g/mol. The molecule has 0 amide bonds. The third kappa shape index (κ3) is 1.75. The second kappa shape index (κ2) is 3.73. The highest BCUT2D eigenvalue weighted by molar-refractivity contribution is 7.15. The van der Waals surface area contributed by atoms with Gasteiger partial charge in [0.2, 0.25) is 0 Å². The summed E-state index contributed by atoms with van der Waals surface area (Å²) in [7, 11) is 1.35. The van der Waals surface area contributed by atoms with E-state index in [4.69, 9.17) is 17.3 Å². The lowest BCUT2D eigenvalue weighted by molar-refractivity contribution is -0.143. The molecule has 6 heteroatoms. The van der Waals surface area contributed by atoms with E-state index < -0.39 is 6.04 Å². The van der Waals surface area contributed by atoms with Crippen LogP contribution in [0.3, 0.4) is 0 Å². The molecule has 2 rings (SSSR count). The van der Waals surface area contributed by atoms with Crippen molar-refractivity contribution in [2.45, 2.75) is 24.3 Å². The summed E-state index contributed by atoms with van der Waals surface area (Å²) in [6.45, 7) is 0. The van der Waals surface area contributed by atoms with Crippen LogP contribution < -0.4 is 5.73 Å². The van der Waals surface area contributed by atoms with Crippen molar-refractivity contribution in [2.24, 2.45) is 5.73 Å². The lowest BCUT2D eigenvalue weighted by atomic mass is 9.96. The summed E-state index contributed by atoms with van der Waals surface area (Å²) < 4.78 is 5.13. The molecule has 82 valence electrons. The minimum absolute atomic E-state index is 0.280. The molecule has 4 nitrogen and oxygen atoms in total. The zero-order valence-corrected chi connectivity index (χ0v) is 9.77. The van der Waals surface area contributed by atoms with E-state index in [-0.39, 0.29) is 11.4 Å². The fraction of sp³-hybridized carbons (Fsp3) is 0.556. The van der Waals surface area contributed by atoms with E-state index in [1.54, 1.807) is 6.20 Å². The van der Waals surface area contributed by atoms with Gasteiger partial charge in [-0.2, -0.15) is 0 Å². The summed E-state index contributed by atoms with van der Waals surface area (Å²) in [5.41, 5.74) is 5.59. The smallest absolute Gasteiger partial charge is 0.323 e. The number of hydrogen-bond acceptors (Lipinski definition) is 5. The number of esters is 1. The van der Waals surface area contributed by atoms with Gasteiger partial charge in [0.1, 0.15) is 6.04 Å². The highest BCUT2D eigenvalue weighted by Gasteiger charge is 2.54. The summed E-state index contributed by atoms with van der Waals surface area (Å²) >= 11 is 7.14. The van der Waals surface area contributed by atoms with Gasteiger partial charge in [-0.05, 0) is 12.8 Å². The van der Waals surface area contributed by atoms with Crippen molar-refractivity contribution in [3.63, 3.8) is 0 Å². The number of aromatic nitrogens is 1. The predicted octanol–water partition coefficient (Wildman–Crippen LogP) is 1.33. The molecular formula is C9H11ClN2O2S. The van der Waals surface area contributed by atoms with Crippen LogP contribution in [0.2, 0.25) is 4.47 Å². The molecule has 0 saturated heterocycles. The molecule has 1 heterocycles. The monoisotopic (exact) mass is 246 g/mol. The van der Waals surface area contributed by atoms with Gasteiger partial charge < -0.3 is 10.5 Å². The van der Waals surface area contributed by atoms with Crippen molar-refractivity contribution in [1.29, 1.82) is 0 Å². The second-order valence-corrected chi connectivity index (χ2v) is 5.25. The fourth-order valence-corrected chi connectivity index (χ4v) is 2.91. The number of nitrogens with two attached hydrogens (primary N) is 1. The van der Waals surface area contributed by atoms with Crippen LogP contribution >= 0.6 is 22.9 Å². The average molecular weight is 247 g/mol. The number of thiazole rings is 1. The van der Waals surface area contributed by atoms with Crippen molar-refractivity contribution in [1.82, 2.24) is 4.98 Å².